The Morgan fingerprint density at radius 1 is 1.60 bits per heavy atom. The van der Waals surface area contributed by atoms with E-state index >= 15 is 0 Å². The molecular weight excluding hydrogens is 148 g/mol. The Morgan fingerprint density at radius 2 is 2.30 bits per heavy atom. The number of hydrogen-bond donors (Lipinski definition) is 0. The van der Waals surface area contributed by atoms with Crippen LogP contribution in [-0.4, -0.2) is 19.1 Å². The topological polar surface area (TPSA) is 9.23 Å². The van der Waals surface area contributed by atoms with Crippen LogP contribution in [0, 0.1) is 11.8 Å². The summed E-state index contributed by atoms with van der Waals surface area (Å²) in [4.78, 5) is 0. The highest BCUT2D eigenvalue weighted by Crippen LogP contribution is 2.28. The zero-order chi connectivity index (χ0) is 7.40. The van der Waals surface area contributed by atoms with Crippen molar-refractivity contribution in [1.82, 2.24) is 0 Å². The fraction of sp³-hybridized carbons (Fsp3) is 1.00. The third-order valence-electron chi connectivity index (χ3n) is 1.72. The molecule has 0 aromatic heterocycles. The summed E-state index contributed by atoms with van der Waals surface area (Å²) in [5, 5.41) is 0. The molecular formula is C8H15ClO. The van der Waals surface area contributed by atoms with Crippen LogP contribution in [-0.2, 0) is 4.74 Å². The molecule has 0 amide bonds. The molecule has 1 saturated carbocycles. The van der Waals surface area contributed by atoms with Crippen molar-refractivity contribution < 1.29 is 4.74 Å². The Balaban J connectivity index is 1.83. The van der Waals surface area contributed by atoms with Gasteiger partial charge in [0.05, 0.1) is 6.61 Å². The minimum absolute atomic E-state index is 0.514. The molecule has 1 nitrogen and oxygen atoms in total. The van der Waals surface area contributed by atoms with E-state index in [0.717, 1.165) is 19.1 Å². The average molecular weight is 163 g/mol. The van der Waals surface area contributed by atoms with E-state index in [9.17, 15) is 0 Å². The summed E-state index contributed by atoms with van der Waals surface area (Å²) in [5.74, 6) is 2.10. The number of rotatable bonds is 5. The fourth-order valence-electron chi connectivity index (χ4n) is 0.765. The summed E-state index contributed by atoms with van der Waals surface area (Å²) in [6.07, 6.45) is 2.74. The zero-order valence-electron chi connectivity index (χ0n) is 6.48. The van der Waals surface area contributed by atoms with Crippen molar-refractivity contribution in [3.05, 3.63) is 0 Å². The summed E-state index contributed by atoms with van der Waals surface area (Å²) in [5.41, 5.74) is 0. The Kier molecular flexibility index (Phi) is 3.50. The van der Waals surface area contributed by atoms with Crippen LogP contribution in [0.1, 0.15) is 19.8 Å². The first-order valence-electron chi connectivity index (χ1n) is 3.96. The van der Waals surface area contributed by atoms with E-state index in [4.69, 9.17) is 16.3 Å². The van der Waals surface area contributed by atoms with E-state index in [1.165, 1.54) is 12.8 Å². The van der Waals surface area contributed by atoms with Crippen molar-refractivity contribution in [2.75, 3.05) is 19.1 Å². The summed E-state index contributed by atoms with van der Waals surface area (Å²) < 4.78 is 5.43. The van der Waals surface area contributed by atoms with Gasteiger partial charge in [-0.15, -0.1) is 11.6 Å². The largest absolute Gasteiger partial charge is 0.381 e. The van der Waals surface area contributed by atoms with Gasteiger partial charge in [0.1, 0.15) is 0 Å². The lowest BCUT2D eigenvalue weighted by atomic mass is 10.2. The van der Waals surface area contributed by atoms with Gasteiger partial charge in [0.2, 0.25) is 0 Å². The maximum atomic E-state index is 5.60. The van der Waals surface area contributed by atoms with Gasteiger partial charge in [-0.3, -0.25) is 0 Å². The molecule has 0 aromatic rings. The summed E-state index contributed by atoms with van der Waals surface area (Å²) >= 11 is 5.60. The standard InChI is InChI=1S/C8H15ClO/c1-7(4-9)5-10-6-8-2-3-8/h7-8H,2-6H2,1H3. The molecule has 0 radical (unpaired) electrons. The minimum Gasteiger partial charge on any atom is -0.381 e. The van der Waals surface area contributed by atoms with Crippen molar-refractivity contribution in [1.29, 1.82) is 0 Å². The monoisotopic (exact) mass is 162 g/mol. The molecule has 60 valence electrons. The molecule has 0 heterocycles. The molecule has 1 unspecified atom stereocenters. The number of halogens is 1. The SMILES string of the molecule is CC(CCl)COCC1CC1. The van der Waals surface area contributed by atoms with Gasteiger partial charge in [0, 0.05) is 12.5 Å². The fourth-order valence-corrected chi connectivity index (χ4v) is 0.854. The number of hydrogen-bond acceptors (Lipinski definition) is 1. The molecule has 10 heavy (non-hydrogen) atoms. The third-order valence-corrected chi connectivity index (χ3v) is 2.24. The van der Waals surface area contributed by atoms with Crippen molar-refractivity contribution in [3.8, 4) is 0 Å². The van der Waals surface area contributed by atoms with E-state index in [0.29, 0.717) is 11.8 Å². The van der Waals surface area contributed by atoms with Crippen LogP contribution in [0.2, 0.25) is 0 Å². The van der Waals surface area contributed by atoms with Gasteiger partial charge in [-0.05, 0) is 24.7 Å². The number of ether oxygens (including phenoxy) is 1. The molecule has 1 fully saturated rings. The third kappa shape index (κ3) is 3.43. The Bertz CT molecular complexity index is 91.3. The van der Waals surface area contributed by atoms with Crippen molar-refractivity contribution in [2.45, 2.75) is 19.8 Å². The van der Waals surface area contributed by atoms with Crippen molar-refractivity contribution in [3.63, 3.8) is 0 Å². The highest BCUT2D eigenvalue weighted by Gasteiger charge is 2.21. The molecule has 0 spiro atoms. The highest BCUT2D eigenvalue weighted by molar-refractivity contribution is 6.18. The van der Waals surface area contributed by atoms with Crippen molar-refractivity contribution in [2.24, 2.45) is 11.8 Å². The highest BCUT2D eigenvalue weighted by atomic mass is 35.5. The van der Waals surface area contributed by atoms with Gasteiger partial charge in [-0.2, -0.15) is 0 Å². The normalized spacial score (nSPS) is 21.0. The van der Waals surface area contributed by atoms with Crippen molar-refractivity contribution >= 4 is 11.6 Å². The smallest absolute Gasteiger partial charge is 0.0503 e. The summed E-state index contributed by atoms with van der Waals surface area (Å²) in [6.45, 7) is 3.90. The van der Waals surface area contributed by atoms with E-state index in [1.807, 2.05) is 0 Å². The van der Waals surface area contributed by atoms with E-state index in [-0.39, 0.29) is 0 Å². The molecule has 1 rings (SSSR count). The first-order chi connectivity index (χ1) is 4.83. The van der Waals surface area contributed by atoms with Gasteiger partial charge < -0.3 is 4.74 Å². The second-order valence-electron chi connectivity index (χ2n) is 3.24. The van der Waals surface area contributed by atoms with Crippen LogP contribution < -0.4 is 0 Å². The summed E-state index contributed by atoms with van der Waals surface area (Å²) in [6, 6.07) is 0. The molecule has 1 aliphatic carbocycles. The molecule has 2 heteroatoms. The van der Waals surface area contributed by atoms with Crippen LogP contribution >= 0.6 is 11.6 Å². The van der Waals surface area contributed by atoms with Crippen LogP contribution in [0.4, 0.5) is 0 Å². The molecule has 0 bridgehead atoms. The summed E-state index contributed by atoms with van der Waals surface area (Å²) in [7, 11) is 0. The first kappa shape index (κ1) is 8.35. The van der Waals surface area contributed by atoms with Gasteiger partial charge in [-0.25, -0.2) is 0 Å². The van der Waals surface area contributed by atoms with Crippen LogP contribution in [0.25, 0.3) is 0 Å². The predicted octanol–water partition coefficient (Wildman–Crippen LogP) is 2.29. The Hall–Kier alpha value is 0.250. The van der Waals surface area contributed by atoms with Gasteiger partial charge in [0.15, 0.2) is 0 Å². The van der Waals surface area contributed by atoms with E-state index in [1.54, 1.807) is 0 Å². The molecule has 0 N–H and O–H groups in total. The lowest BCUT2D eigenvalue weighted by Crippen LogP contribution is -2.08. The van der Waals surface area contributed by atoms with Gasteiger partial charge in [-0.1, -0.05) is 6.92 Å². The van der Waals surface area contributed by atoms with Crippen LogP contribution in [0.3, 0.4) is 0 Å². The maximum Gasteiger partial charge on any atom is 0.0503 e. The minimum atomic E-state index is 0.514. The molecule has 0 aliphatic heterocycles. The van der Waals surface area contributed by atoms with E-state index in [2.05, 4.69) is 6.92 Å². The molecule has 1 aliphatic rings. The predicted molar refractivity (Wildman–Crippen MR) is 43.4 cm³/mol. The molecule has 0 saturated heterocycles. The second kappa shape index (κ2) is 4.20. The zero-order valence-corrected chi connectivity index (χ0v) is 7.23. The first-order valence-corrected chi connectivity index (χ1v) is 4.50. The Labute approximate surface area is 67.7 Å². The molecule has 0 aromatic carbocycles. The van der Waals surface area contributed by atoms with Gasteiger partial charge in [0.25, 0.3) is 0 Å². The Morgan fingerprint density at radius 3 is 2.80 bits per heavy atom. The number of alkyl halides is 1. The average Bonchev–Trinajstić information content (AvgIpc) is 2.71. The molecule has 1 atom stereocenters. The van der Waals surface area contributed by atoms with E-state index < -0.39 is 0 Å². The lowest BCUT2D eigenvalue weighted by molar-refractivity contribution is 0.102. The maximum absolute atomic E-state index is 5.60. The van der Waals surface area contributed by atoms with Crippen LogP contribution in [0.5, 0.6) is 0 Å². The van der Waals surface area contributed by atoms with Gasteiger partial charge >= 0.3 is 0 Å². The second-order valence-corrected chi connectivity index (χ2v) is 3.55. The lowest BCUT2D eigenvalue weighted by Gasteiger charge is -2.06. The van der Waals surface area contributed by atoms with Crippen LogP contribution in [0.15, 0.2) is 0 Å². The quantitative estimate of drug-likeness (QED) is 0.564.